The minimum atomic E-state index is 0.143. The van der Waals surface area contributed by atoms with E-state index in [0.29, 0.717) is 23.6 Å². The minimum Gasteiger partial charge on any atom is -0.493 e. The van der Waals surface area contributed by atoms with Crippen molar-refractivity contribution in [2.24, 2.45) is 0 Å². The SMILES string of the molecule is COc1cncc2c(NCc3ccco3)nc(Cl)nc12. The molecule has 0 aliphatic heterocycles. The van der Waals surface area contributed by atoms with Gasteiger partial charge < -0.3 is 14.5 Å². The smallest absolute Gasteiger partial charge is 0.225 e. The zero-order valence-corrected chi connectivity index (χ0v) is 11.4. The lowest BCUT2D eigenvalue weighted by molar-refractivity contribution is 0.417. The van der Waals surface area contributed by atoms with Crippen LogP contribution in [0.15, 0.2) is 35.2 Å². The summed E-state index contributed by atoms with van der Waals surface area (Å²) in [5.41, 5.74) is 0.615. The Hall–Kier alpha value is -2.34. The van der Waals surface area contributed by atoms with Crippen molar-refractivity contribution in [3.63, 3.8) is 0 Å². The summed E-state index contributed by atoms with van der Waals surface area (Å²) in [5.74, 6) is 1.93. The second-order valence-corrected chi connectivity index (χ2v) is 4.35. The van der Waals surface area contributed by atoms with Gasteiger partial charge in [0.05, 0.1) is 31.5 Å². The molecular weight excluding hydrogens is 280 g/mol. The number of rotatable bonds is 4. The van der Waals surface area contributed by atoms with E-state index < -0.39 is 0 Å². The first-order chi connectivity index (χ1) is 9.78. The van der Waals surface area contributed by atoms with E-state index in [1.165, 1.54) is 0 Å². The Morgan fingerprint density at radius 2 is 2.25 bits per heavy atom. The number of hydrogen-bond acceptors (Lipinski definition) is 6. The largest absolute Gasteiger partial charge is 0.493 e. The molecule has 0 amide bonds. The highest BCUT2D eigenvalue weighted by Crippen LogP contribution is 2.28. The average molecular weight is 291 g/mol. The number of pyridine rings is 1. The number of ether oxygens (including phenoxy) is 1. The second-order valence-electron chi connectivity index (χ2n) is 4.01. The van der Waals surface area contributed by atoms with Crippen molar-refractivity contribution in [3.8, 4) is 5.75 Å². The van der Waals surface area contributed by atoms with Gasteiger partial charge in [-0.25, -0.2) is 9.97 Å². The first-order valence-electron chi connectivity index (χ1n) is 5.89. The third-order valence-electron chi connectivity index (χ3n) is 2.78. The monoisotopic (exact) mass is 290 g/mol. The third kappa shape index (κ3) is 2.37. The van der Waals surface area contributed by atoms with Gasteiger partial charge in [0.25, 0.3) is 0 Å². The maximum Gasteiger partial charge on any atom is 0.225 e. The number of aromatic nitrogens is 3. The number of nitrogens with one attached hydrogen (secondary N) is 1. The van der Waals surface area contributed by atoms with Crippen LogP contribution in [0.1, 0.15) is 5.76 Å². The molecule has 0 saturated heterocycles. The molecule has 6 nitrogen and oxygen atoms in total. The molecule has 1 N–H and O–H groups in total. The normalized spacial score (nSPS) is 10.7. The first kappa shape index (κ1) is 12.7. The highest BCUT2D eigenvalue weighted by molar-refractivity contribution is 6.28. The fourth-order valence-electron chi connectivity index (χ4n) is 1.86. The zero-order valence-electron chi connectivity index (χ0n) is 10.6. The quantitative estimate of drug-likeness (QED) is 0.745. The summed E-state index contributed by atoms with van der Waals surface area (Å²) >= 11 is 5.95. The molecule has 3 aromatic heterocycles. The Balaban J connectivity index is 2.01. The molecule has 0 spiro atoms. The summed E-state index contributed by atoms with van der Waals surface area (Å²) in [4.78, 5) is 12.5. The number of halogens is 1. The van der Waals surface area contributed by atoms with Gasteiger partial charge in [0.2, 0.25) is 5.28 Å². The van der Waals surface area contributed by atoms with Crippen molar-refractivity contribution in [2.45, 2.75) is 6.54 Å². The summed E-state index contributed by atoms with van der Waals surface area (Å²) in [7, 11) is 1.56. The van der Waals surface area contributed by atoms with E-state index >= 15 is 0 Å². The maximum absolute atomic E-state index is 5.95. The third-order valence-corrected chi connectivity index (χ3v) is 2.95. The fourth-order valence-corrected chi connectivity index (χ4v) is 2.03. The molecule has 0 unspecified atom stereocenters. The number of hydrogen-bond donors (Lipinski definition) is 1. The molecule has 0 aliphatic carbocycles. The molecule has 7 heteroatoms. The van der Waals surface area contributed by atoms with Gasteiger partial charge in [-0.1, -0.05) is 0 Å². The Morgan fingerprint density at radius 3 is 3.00 bits per heavy atom. The van der Waals surface area contributed by atoms with Crippen LogP contribution in [0.25, 0.3) is 10.9 Å². The van der Waals surface area contributed by atoms with Crippen LogP contribution in [0.2, 0.25) is 5.28 Å². The van der Waals surface area contributed by atoms with Crippen LogP contribution in [0, 0.1) is 0 Å². The Morgan fingerprint density at radius 1 is 1.35 bits per heavy atom. The van der Waals surface area contributed by atoms with E-state index in [-0.39, 0.29) is 5.28 Å². The van der Waals surface area contributed by atoms with Crippen LogP contribution in [-0.2, 0) is 6.54 Å². The molecule has 3 rings (SSSR count). The molecule has 3 heterocycles. The predicted molar refractivity (Wildman–Crippen MR) is 74.9 cm³/mol. The fraction of sp³-hybridized carbons (Fsp3) is 0.154. The molecule has 20 heavy (non-hydrogen) atoms. The van der Waals surface area contributed by atoms with Crippen molar-refractivity contribution in [1.82, 2.24) is 15.0 Å². The molecule has 0 saturated carbocycles. The lowest BCUT2D eigenvalue weighted by Gasteiger charge is -2.09. The summed E-state index contributed by atoms with van der Waals surface area (Å²) in [6, 6.07) is 3.70. The van der Waals surface area contributed by atoms with Gasteiger partial charge in [0.1, 0.15) is 17.1 Å². The molecule has 102 valence electrons. The molecule has 0 atom stereocenters. The second kappa shape index (κ2) is 5.34. The highest BCUT2D eigenvalue weighted by Gasteiger charge is 2.11. The Bertz CT molecular complexity index is 731. The number of anilines is 1. The molecular formula is C13H11ClN4O2. The summed E-state index contributed by atoms with van der Waals surface area (Å²) in [5, 5.41) is 4.04. The zero-order chi connectivity index (χ0) is 13.9. The van der Waals surface area contributed by atoms with Crippen LogP contribution >= 0.6 is 11.6 Å². The standard InChI is InChI=1S/C13H11ClN4O2/c1-19-10-7-15-6-9-11(10)17-13(14)18-12(9)16-5-8-3-2-4-20-8/h2-4,6-7H,5H2,1H3,(H,16,17,18). The van der Waals surface area contributed by atoms with E-state index in [0.717, 1.165) is 11.1 Å². The van der Waals surface area contributed by atoms with Crippen molar-refractivity contribution in [3.05, 3.63) is 41.8 Å². The van der Waals surface area contributed by atoms with Crippen molar-refractivity contribution in [2.75, 3.05) is 12.4 Å². The van der Waals surface area contributed by atoms with Gasteiger partial charge in [-0.3, -0.25) is 4.98 Å². The van der Waals surface area contributed by atoms with Gasteiger partial charge in [-0.05, 0) is 23.7 Å². The van der Waals surface area contributed by atoms with E-state index in [2.05, 4.69) is 20.3 Å². The molecule has 0 radical (unpaired) electrons. The van der Waals surface area contributed by atoms with Gasteiger partial charge >= 0.3 is 0 Å². The minimum absolute atomic E-state index is 0.143. The van der Waals surface area contributed by atoms with Gasteiger partial charge in [0.15, 0.2) is 5.75 Å². The van der Waals surface area contributed by atoms with E-state index in [1.54, 1.807) is 25.8 Å². The van der Waals surface area contributed by atoms with Gasteiger partial charge in [-0.15, -0.1) is 0 Å². The van der Waals surface area contributed by atoms with Crippen LogP contribution in [0.4, 0.5) is 5.82 Å². The number of nitrogens with zero attached hydrogens (tertiary/aromatic N) is 3. The average Bonchev–Trinajstić information content (AvgIpc) is 2.97. The molecule has 0 aromatic carbocycles. The van der Waals surface area contributed by atoms with Crippen LogP contribution < -0.4 is 10.1 Å². The summed E-state index contributed by atoms with van der Waals surface area (Å²) < 4.78 is 10.5. The highest BCUT2D eigenvalue weighted by atomic mass is 35.5. The van der Waals surface area contributed by atoms with Crippen LogP contribution in [0.3, 0.4) is 0 Å². The van der Waals surface area contributed by atoms with Gasteiger partial charge in [-0.2, -0.15) is 0 Å². The number of furan rings is 1. The van der Waals surface area contributed by atoms with Crippen molar-refractivity contribution in [1.29, 1.82) is 0 Å². The van der Waals surface area contributed by atoms with E-state index in [4.69, 9.17) is 20.8 Å². The van der Waals surface area contributed by atoms with Crippen molar-refractivity contribution < 1.29 is 9.15 Å². The predicted octanol–water partition coefficient (Wildman–Crippen LogP) is 2.89. The molecule has 3 aromatic rings. The van der Waals surface area contributed by atoms with Gasteiger partial charge in [0, 0.05) is 6.20 Å². The molecule has 0 bridgehead atoms. The number of methoxy groups -OCH3 is 1. The summed E-state index contributed by atoms with van der Waals surface area (Å²) in [6.45, 7) is 0.493. The summed E-state index contributed by atoms with van der Waals surface area (Å²) in [6.07, 6.45) is 4.87. The topological polar surface area (TPSA) is 73.1 Å². The maximum atomic E-state index is 5.95. The van der Waals surface area contributed by atoms with E-state index in [9.17, 15) is 0 Å². The number of fused-ring (bicyclic) bond motifs is 1. The van der Waals surface area contributed by atoms with Crippen LogP contribution in [0.5, 0.6) is 5.75 Å². The molecule has 0 aliphatic rings. The Kier molecular flexibility index (Phi) is 3.39. The first-order valence-corrected chi connectivity index (χ1v) is 6.27. The Labute approximate surface area is 119 Å². The van der Waals surface area contributed by atoms with E-state index in [1.807, 2.05) is 12.1 Å². The van der Waals surface area contributed by atoms with Crippen LogP contribution in [-0.4, -0.2) is 22.1 Å². The molecule has 0 fully saturated rings. The lowest BCUT2D eigenvalue weighted by atomic mass is 10.3. The lowest BCUT2D eigenvalue weighted by Crippen LogP contribution is -2.03. The van der Waals surface area contributed by atoms with Crippen molar-refractivity contribution >= 4 is 28.3 Å².